The lowest BCUT2D eigenvalue weighted by Crippen LogP contribution is -2.53. The minimum Gasteiger partial charge on any atom is -0.483 e. The Morgan fingerprint density at radius 2 is 1.87 bits per heavy atom. The smallest absolute Gasteiger partial charge is 0.261 e. The van der Waals surface area contributed by atoms with E-state index >= 15 is 0 Å². The second kappa shape index (κ2) is 10.8. The highest BCUT2D eigenvalue weighted by Crippen LogP contribution is 2.26. The standard InChI is InChI=1S/C24H30BrFN2O3/c1-6-17-11-12-21(19(25)13-17)31-15-22(29)28(14-18-9-7-8-10-20(18)26)16(2)23(30)27-24(3,4)5/h7-13,16H,6,14-15H2,1-5H3,(H,27,30)/t16-/m0/s1. The largest absolute Gasteiger partial charge is 0.483 e. The van der Waals surface area contributed by atoms with Crippen molar-refractivity contribution in [2.75, 3.05) is 6.61 Å². The third-order valence-corrected chi connectivity index (χ3v) is 5.34. The van der Waals surface area contributed by atoms with Gasteiger partial charge in [0.1, 0.15) is 17.6 Å². The van der Waals surface area contributed by atoms with Crippen molar-refractivity contribution in [1.29, 1.82) is 0 Å². The Bertz CT molecular complexity index is 927. The number of aryl methyl sites for hydroxylation is 1. The zero-order valence-corrected chi connectivity index (χ0v) is 20.3. The number of ether oxygens (including phenoxy) is 1. The van der Waals surface area contributed by atoms with Crippen molar-refractivity contribution in [3.63, 3.8) is 0 Å². The number of amides is 2. The van der Waals surface area contributed by atoms with Gasteiger partial charge >= 0.3 is 0 Å². The van der Waals surface area contributed by atoms with Crippen LogP contribution >= 0.6 is 15.9 Å². The molecule has 0 saturated carbocycles. The topological polar surface area (TPSA) is 58.6 Å². The van der Waals surface area contributed by atoms with Crippen molar-refractivity contribution in [1.82, 2.24) is 10.2 Å². The summed E-state index contributed by atoms with van der Waals surface area (Å²) in [5.74, 6) is -0.623. The zero-order chi connectivity index (χ0) is 23.2. The van der Waals surface area contributed by atoms with E-state index in [2.05, 4.69) is 28.2 Å². The minimum atomic E-state index is -0.805. The molecule has 0 heterocycles. The SMILES string of the molecule is CCc1ccc(OCC(=O)N(Cc2ccccc2F)[C@@H](C)C(=O)NC(C)(C)C)c(Br)c1. The van der Waals surface area contributed by atoms with Crippen LogP contribution in [0, 0.1) is 5.82 Å². The monoisotopic (exact) mass is 492 g/mol. The predicted octanol–water partition coefficient (Wildman–Crippen LogP) is 4.86. The number of hydrogen-bond acceptors (Lipinski definition) is 3. The van der Waals surface area contributed by atoms with E-state index in [1.54, 1.807) is 31.2 Å². The molecule has 0 aliphatic rings. The van der Waals surface area contributed by atoms with Crippen molar-refractivity contribution in [3.05, 3.63) is 63.9 Å². The highest BCUT2D eigenvalue weighted by Gasteiger charge is 2.29. The van der Waals surface area contributed by atoms with Gasteiger partial charge in [-0.15, -0.1) is 0 Å². The molecular formula is C24H30BrFN2O3. The maximum absolute atomic E-state index is 14.2. The maximum Gasteiger partial charge on any atom is 0.261 e. The molecule has 2 rings (SSSR count). The third kappa shape index (κ3) is 7.35. The van der Waals surface area contributed by atoms with Crippen LogP contribution in [0.4, 0.5) is 4.39 Å². The first kappa shape index (κ1) is 24.9. The van der Waals surface area contributed by atoms with E-state index in [0.29, 0.717) is 11.3 Å². The molecule has 1 atom stereocenters. The van der Waals surface area contributed by atoms with E-state index in [-0.39, 0.29) is 19.1 Å². The molecule has 5 nitrogen and oxygen atoms in total. The fourth-order valence-corrected chi connectivity index (χ4v) is 3.51. The molecule has 7 heteroatoms. The van der Waals surface area contributed by atoms with Crippen LogP contribution in [-0.2, 0) is 22.6 Å². The number of rotatable bonds is 8. The van der Waals surface area contributed by atoms with E-state index < -0.39 is 23.3 Å². The second-order valence-electron chi connectivity index (χ2n) is 8.44. The van der Waals surface area contributed by atoms with Gasteiger partial charge in [-0.2, -0.15) is 0 Å². The molecule has 0 saturated heterocycles. The Morgan fingerprint density at radius 3 is 2.45 bits per heavy atom. The van der Waals surface area contributed by atoms with E-state index in [9.17, 15) is 14.0 Å². The number of carbonyl (C=O) groups excluding carboxylic acids is 2. The van der Waals surface area contributed by atoms with Gasteiger partial charge in [0.05, 0.1) is 4.47 Å². The number of hydrogen-bond donors (Lipinski definition) is 1. The maximum atomic E-state index is 14.2. The molecule has 31 heavy (non-hydrogen) atoms. The molecule has 1 N–H and O–H groups in total. The third-order valence-electron chi connectivity index (χ3n) is 4.72. The molecular weight excluding hydrogens is 463 g/mol. The van der Waals surface area contributed by atoms with Gasteiger partial charge in [0.15, 0.2) is 6.61 Å². The highest BCUT2D eigenvalue weighted by molar-refractivity contribution is 9.10. The van der Waals surface area contributed by atoms with Crippen LogP contribution in [0.2, 0.25) is 0 Å². The van der Waals surface area contributed by atoms with Gasteiger partial charge in [-0.25, -0.2) is 4.39 Å². The molecule has 0 fully saturated rings. The van der Waals surface area contributed by atoms with Crippen LogP contribution in [-0.4, -0.2) is 34.9 Å². The Labute approximate surface area is 192 Å². The molecule has 0 aromatic heterocycles. The van der Waals surface area contributed by atoms with Crippen LogP contribution in [0.1, 0.15) is 45.7 Å². The van der Waals surface area contributed by atoms with Crippen LogP contribution in [0.25, 0.3) is 0 Å². The van der Waals surface area contributed by atoms with Crippen molar-refractivity contribution in [2.24, 2.45) is 0 Å². The summed E-state index contributed by atoms with van der Waals surface area (Å²) in [4.78, 5) is 27.1. The van der Waals surface area contributed by atoms with Gasteiger partial charge in [-0.3, -0.25) is 9.59 Å². The van der Waals surface area contributed by atoms with E-state index in [1.807, 2.05) is 32.9 Å². The highest BCUT2D eigenvalue weighted by atomic mass is 79.9. The Balaban J connectivity index is 2.21. The van der Waals surface area contributed by atoms with Gasteiger partial charge in [-0.1, -0.05) is 31.2 Å². The molecule has 0 spiro atoms. The number of carbonyl (C=O) groups is 2. The average molecular weight is 493 g/mol. The summed E-state index contributed by atoms with van der Waals surface area (Å²) in [6.07, 6.45) is 0.884. The second-order valence-corrected chi connectivity index (χ2v) is 9.29. The fourth-order valence-electron chi connectivity index (χ4n) is 2.97. The molecule has 2 aromatic carbocycles. The van der Waals surface area contributed by atoms with Crippen LogP contribution in [0.15, 0.2) is 46.9 Å². The number of nitrogens with one attached hydrogen (secondary N) is 1. The molecule has 168 valence electrons. The van der Waals surface area contributed by atoms with E-state index in [4.69, 9.17) is 4.74 Å². The fraction of sp³-hybridized carbons (Fsp3) is 0.417. The summed E-state index contributed by atoms with van der Waals surface area (Å²) < 4.78 is 20.7. The zero-order valence-electron chi connectivity index (χ0n) is 18.7. The summed E-state index contributed by atoms with van der Waals surface area (Å²) in [6, 6.07) is 11.1. The lowest BCUT2D eigenvalue weighted by atomic mass is 10.1. The lowest BCUT2D eigenvalue weighted by molar-refractivity contribution is -0.142. The number of halogens is 2. The lowest BCUT2D eigenvalue weighted by Gasteiger charge is -2.31. The van der Waals surface area contributed by atoms with Crippen LogP contribution in [0.3, 0.4) is 0 Å². The Morgan fingerprint density at radius 1 is 1.19 bits per heavy atom. The summed E-state index contributed by atoms with van der Waals surface area (Å²) in [6.45, 7) is 8.96. The van der Waals surface area contributed by atoms with Crippen LogP contribution in [0.5, 0.6) is 5.75 Å². The molecule has 2 amide bonds. The first-order valence-electron chi connectivity index (χ1n) is 10.3. The van der Waals surface area contributed by atoms with E-state index in [0.717, 1.165) is 16.5 Å². The summed E-state index contributed by atoms with van der Waals surface area (Å²) in [5.41, 5.74) is 1.01. The van der Waals surface area contributed by atoms with Crippen molar-refractivity contribution in [3.8, 4) is 5.75 Å². The van der Waals surface area contributed by atoms with E-state index in [1.165, 1.54) is 11.0 Å². The van der Waals surface area contributed by atoms with Gasteiger partial charge in [0, 0.05) is 17.6 Å². The van der Waals surface area contributed by atoms with Gasteiger partial charge < -0.3 is 15.0 Å². The van der Waals surface area contributed by atoms with Crippen molar-refractivity contribution >= 4 is 27.7 Å². The van der Waals surface area contributed by atoms with Gasteiger partial charge in [0.2, 0.25) is 5.91 Å². The molecule has 0 aliphatic carbocycles. The van der Waals surface area contributed by atoms with Crippen molar-refractivity contribution < 1.29 is 18.7 Å². The Kier molecular flexibility index (Phi) is 8.62. The van der Waals surface area contributed by atoms with Crippen LogP contribution < -0.4 is 10.1 Å². The quantitative estimate of drug-likeness (QED) is 0.572. The molecule has 2 aromatic rings. The molecule has 0 aliphatic heterocycles. The van der Waals surface area contributed by atoms with Gasteiger partial charge in [-0.05, 0) is 73.8 Å². The van der Waals surface area contributed by atoms with Gasteiger partial charge in [0.25, 0.3) is 5.91 Å². The first-order valence-corrected chi connectivity index (χ1v) is 11.1. The molecule has 0 unspecified atom stereocenters. The number of benzene rings is 2. The van der Waals surface area contributed by atoms with Crippen molar-refractivity contribution in [2.45, 2.75) is 59.2 Å². The minimum absolute atomic E-state index is 0.0382. The number of nitrogens with zero attached hydrogens (tertiary/aromatic N) is 1. The predicted molar refractivity (Wildman–Crippen MR) is 123 cm³/mol. The first-order chi connectivity index (χ1) is 14.5. The molecule has 0 bridgehead atoms. The Hall–Kier alpha value is -2.41. The summed E-state index contributed by atoms with van der Waals surface area (Å²) in [7, 11) is 0. The molecule has 0 radical (unpaired) electrons. The summed E-state index contributed by atoms with van der Waals surface area (Å²) >= 11 is 3.46. The normalized spacial score (nSPS) is 12.2. The average Bonchev–Trinajstić information content (AvgIpc) is 2.70. The summed E-state index contributed by atoms with van der Waals surface area (Å²) in [5, 5.41) is 2.88.